The van der Waals surface area contributed by atoms with Crippen molar-refractivity contribution in [2.24, 2.45) is 5.73 Å². The lowest BCUT2D eigenvalue weighted by molar-refractivity contribution is 0.1000. The van der Waals surface area contributed by atoms with Crippen molar-refractivity contribution in [1.29, 1.82) is 0 Å². The van der Waals surface area contributed by atoms with Gasteiger partial charge < -0.3 is 10.5 Å². The standard InChI is InChI=1S/C14H9FN2O2S/c1-2-7-3-4-10-8(5-7)11-12(9(15)6-19-10)20-14(17-11)13(16)18/h1,3-5,9H,6H2,(H2,16,18). The van der Waals surface area contributed by atoms with E-state index in [1.807, 2.05) is 0 Å². The van der Waals surface area contributed by atoms with Crippen molar-refractivity contribution >= 4 is 17.2 Å². The molecule has 1 aromatic heterocycles. The fourth-order valence-electron chi connectivity index (χ4n) is 2.01. The van der Waals surface area contributed by atoms with Crippen LogP contribution in [-0.2, 0) is 0 Å². The molecule has 0 fully saturated rings. The largest absolute Gasteiger partial charge is 0.489 e. The number of carbonyl (C=O) groups excluding carboxylic acids is 1. The van der Waals surface area contributed by atoms with Crippen molar-refractivity contribution < 1.29 is 13.9 Å². The van der Waals surface area contributed by atoms with Crippen molar-refractivity contribution in [3.05, 3.63) is 33.6 Å². The Morgan fingerprint density at radius 2 is 2.40 bits per heavy atom. The summed E-state index contributed by atoms with van der Waals surface area (Å²) in [5.74, 6) is 2.32. The van der Waals surface area contributed by atoms with Crippen molar-refractivity contribution in [1.82, 2.24) is 4.98 Å². The van der Waals surface area contributed by atoms with E-state index in [0.29, 0.717) is 27.4 Å². The number of benzene rings is 1. The number of aromatic nitrogens is 1. The molecule has 2 aromatic rings. The molecule has 6 heteroatoms. The molecule has 0 bridgehead atoms. The number of halogens is 1. The van der Waals surface area contributed by atoms with Gasteiger partial charge in [-0.3, -0.25) is 4.79 Å². The molecule has 1 aliphatic rings. The molecule has 1 unspecified atom stereocenters. The monoisotopic (exact) mass is 288 g/mol. The van der Waals surface area contributed by atoms with E-state index in [0.717, 1.165) is 11.3 Å². The lowest BCUT2D eigenvalue weighted by Gasteiger charge is -2.07. The van der Waals surface area contributed by atoms with Gasteiger partial charge in [-0.15, -0.1) is 17.8 Å². The second-order valence-electron chi connectivity index (χ2n) is 4.23. The van der Waals surface area contributed by atoms with E-state index in [1.54, 1.807) is 18.2 Å². The number of hydrogen-bond acceptors (Lipinski definition) is 4. The Morgan fingerprint density at radius 3 is 3.10 bits per heavy atom. The van der Waals surface area contributed by atoms with Crippen LogP contribution >= 0.6 is 11.3 Å². The molecule has 0 radical (unpaired) electrons. The Balaban J connectivity index is 2.26. The zero-order valence-corrected chi connectivity index (χ0v) is 11.0. The number of amides is 1. The average molecular weight is 288 g/mol. The van der Waals surface area contributed by atoms with Gasteiger partial charge in [0, 0.05) is 11.1 Å². The van der Waals surface area contributed by atoms with Crippen LogP contribution in [0.15, 0.2) is 18.2 Å². The van der Waals surface area contributed by atoms with Gasteiger partial charge in [0.05, 0.1) is 10.6 Å². The number of fused-ring (bicyclic) bond motifs is 3. The van der Waals surface area contributed by atoms with Crippen molar-refractivity contribution in [2.75, 3.05) is 6.61 Å². The second kappa shape index (κ2) is 4.62. The molecule has 2 N–H and O–H groups in total. The summed E-state index contributed by atoms with van der Waals surface area (Å²) in [5.41, 5.74) is 6.80. The van der Waals surface area contributed by atoms with Gasteiger partial charge in [-0.05, 0) is 18.2 Å². The first-order valence-electron chi connectivity index (χ1n) is 5.78. The molecule has 3 rings (SSSR count). The highest BCUT2D eigenvalue weighted by molar-refractivity contribution is 7.14. The van der Waals surface area contributed by atoms with E-state index < -0.39 is 12.1 Å². The quantitative estimate of drug-likeness (QED) is 0.819. The predicted octanol–water partition coefficient (Wildman–Crippen LogP) is 2.29. The molecule has 100 valence electrons. The maximum atomic E-state index is 14.1. The summed E-state index contributed by atoms with van der Waals surface area (Å²) in [7, 11) is 0. The van der Waals surface area contributed by atoms with Crippen LogP contribution in [0.3, 0.4) is 0 Å². The Morgan fingerprint density at radius 1 is 1.60 bits per heavy atom. The molecule has 20 heavy (non-hydrogen) atoms. The van der Waals surface area contributed by atoms with Crippen LogP contribution in [0, 0.1) is 12.3 Å². The maximum absolute atomic E-state index is 14.1. The number of alkyl halides is 1. The summed E-state index contributed by atoms with van der Waals surface area (Å²) in [6.07, 6.45) is 4.02. The van der Waals surface area contributed by atoms with Crippen LogP contribution in [0.5, 0.6) is 5.75 Å². The molecule has 1 atom stereocenters. The first kappa shape index (κ1) is 12.6. The van der Waals surface area contributed by atoms with Gasteiger partial charge in [0.1, 0.15) is 12.4 Å². The number of nitrogens with two attached hydrogens (primary N) is 1. The van der Waals surface area contributed by atoms with Gasteiger partial charge in [-0.1, -0.05) is 5.92 Å². The number of hydrogen-bond donors (Lipinski definition) is 1. The summed E-state index contributed by atoms with van der Waals surface area (Å²) < 4.78 is 19.5. The molecule has 1 aromatic carbocycles. The summed E-state index contributed by atoms with van der Waals surface area (Å²) in [6, 6.07) is 5.07. The lowest BCUT2D eigenvalue weighted by atomic mass is 10.1. The molecule has 2 heterocycles. The van der Waals surface area contributed by atoms with Gasteiger partial charge >= 0.3 is 0 Å². The number of rotatable bonds is 1. The Bertz CT molecular complexity index is 748. The van der Waals surface area contributed by atoms with Crippen LogP contribution in [0.25, 0.3) is 11.3 Å². The SMILES string of the molecule is C#Cc1ccc2c(c1)-c1nc(C(N)=O)sc1C(F)CO2. The Kier molecular flexibility index (Phi) is 2.92. The minimum absolute atomic E-state index is 0.0802. The highest BCUT2D eigenvalue weighted by Gasteiger charge is 2.28. The molecular formula is C14H9FN2O2S. The number of carbonyl (C=O) groups is 1. The van der Waals surface area contributed by atoms with Crippen molar-refractivity contribution in [3.63, 3.8) is 0 Å². The normalized spacial score (nSPS) is 16.3. The van der Waals surface area contributed by atoms with E-state index in [-0.39, 0.29) is 11.6 Å². The van der Waals surface area contributed by atoms with E-state index in [4.69, 9.17) is 16.9 Å². The number of primary amides is 1. The fourth-order valence-corrected chi connectivity index (χ4v) is 2.91. The Labute approximate surface area is 118 Å². The first-order chi connectivity index (χ1) is 9.60. The predicted molar refractivity (Wildman–Crippen MR) is 73.3 cm³/mol. The van der Waals surface area contributed by atoms with Crippen LogP contribution in [-0.4, -0.2) is 17.5 Å². The Hall–Kier alpha value is -2.39. The molecule has 0 aliphatic carbocycles. The molecule has 4 nitrogen and oxygen atoms in total. The van der Waals surface area contributed by atoms with E-state index in [9.17, 15) is 9.18 Å². The maximum Gasteiger partial charge on any atom is 0.277 e. The van der Waals surface area contributed by atoms with E-state index in [2.05, 4.69) is 10.9 Å². The third kappa shape index (κ3) is 1.92. The number of terminal acetylenes is 1. The topological polar surface area (TPSA) is 65.2 Å². The smallest absolute Gasteiger partial charge is 0.277 e. The summed E-state index contributed by atoms with van der Waals surface area (Å²) in [6.45, 7) is -0.129. The van der Waals surface area contributed by atoms with Gasteiger partial charge in [0.15, 0.2) is 11.2 Å². The third-order valence-corrected chi connectivity index (χ3v) is 4.09. The van der Waals surface area contributed by atoms with Gasteiger partial charge in [0.25, 0.3) is 5.91 Å². The van der Waals surface area contributed by atoms with Crippen LogP contribution in [0.4, 0.5) is 4.39 Å². The van der Waals surface area contributed by atoms with Gasteiger partial charge in [-0.2, -0.15) is 0 Å². The minimum Gasteiger partial charge on any atom is -0.489 e. The molecular weight excluding hydrogens is 279 g/mol. The lowest BCUT2D eigenvalue weighted by Crippen LogP contribution is -2.10. The first-order valence-corrected chi connectivity index (χ1v) is 6.60. The third-order valence-electron chi connectivity index (χ3n) is 2.94. The minimum atomic E-state index is -1.35. The van der Waals surface area contributed by atoms with Gasteiger partial charge in [-0.25, -0.2) is 9.37 Å². The average Bonchev–Trinajstić information content (AvgIpc) is 2.85. The number of ether oxygens (including phenoxy) is 1. The summed E-state index contributed by atoms with van der Waals surface area (Å²) in [5, 5.41) is 0.0802. The highest BCUT2D eigenvalue weighted by Crippen LogP contribution is 2.42. The number of nitrogens with zero attached hydrogens (tertiary/aromatic N) is 1. The molecule has 0 saturated heterocycles. The molecule has 0 saturated carbocycles. The van der Waals surface area contributed by atoms with Crippen molar-refractivity contribution in [3.8, 4) is 29.4 Å². The highest BCUT2D eigenvalue weighted by atomic mass is 32.1. The van der Waals surface area contributed by atoms with Crippen LogP contribution in [0.2, 0.25) is 0 Å². The van der Waals surface area contributed by atoms with Crippen molar-refractivity contribution in [2.45, 2.75) is 6.17 Å². The molecule has 0 spiro atoms. The zero-order chi connectivity index (χ0) is 14.3. The van der Waals surface area contributed by atoms with Crippen LogP contribution in [0.1, 0.15) is 26.4 Å². The fraction of sp³-hybridized carbons (Fsp3) is 0.143. The number of thiazole rings is 1. The van der Waals surface area contributed by atoms with E-state index in [1.165, 1.54) is 0 Å². The summed E-state index contributed by atoms with van der Waals surface area (Å²) >= 11 is 0.950. The van der Waals surface area contributed by atoms with Gasteiger partial charge in [0.2, 0.25) is 0 Å². The molecule has 1 aliphatic heterocycles. The van der Waals surface area contributed by atoms with E-state index >= 15 is 0 Å². The molecule has 1 amide bonds. The second-order valence-corrected chi connectivity index (χ2v) is 5.26. The zero-order valence-electron chi connectivity index (χ0n) is 10.2. The summed E-state index contributed by atoms with van der Waals surface area (Å²) in [4.78, 5) is 15.7. The van der Waals surface area contributed by atoms with Crippen LogP contribution < -0.4 is 10.5 Å².